The molecule has 1 aromatic rings. The number of hydrogen-bond donors (Lipinski definition) is 2. The molecule has 5 heteroatoms. The summed E-state index contributed by atoms with van der Waals surface area (Å²) in [4.78, 5) is 15.4. The van der Waals surface area contributed by atoms with Crippen molar-refractivity contribution in [3.8, 4) is 0 Å². The number of rotatable bonds is 3. The predicted octanol–water partition coefficient (Wildman–Crippen LogP) is 4.20. The highest BCUT2D eigenvalue weighted by Crippen LogP contribution is 2.32. The molecule has 2 atom stereocenters. The van der Waals surface area contributed by atoms with E-state index in [1.54, 1.807) is 11.8 Å². The molecule has 1 aliphatic heterocycles. The average Bonchev–Trinajstić information content (AvgIpc) is 2.48. The van der Waals surface area contributed by atoms with E-state index in [2.05, 4.69) is 26.1 Å². The zero-order valence-electron chi connectivity index (χ0n) is 14.5. The van der Waals surface area contributed by atoms with Crippen LogP contribution >= 0.6 is 11.8 Å². The van der Waals surface area contributed by atoms with E-state index < -0.39 is 0 Å². The zero-order valence-corrected chi connectivity index (χ0v) is 15.3. The number of carbonyl (C=O) groups is 1. The molecule has 2 amide bonds. The second-order valence-corrected chi connectivity index (χ2v) is 9.16. The molecule has 0 radical (unpaired) electrons. The van der Waals surface area contributed by atoms with Crippen LogP contribution in [0.25, 0.3) is 0 Å². The summed E-state index contributed by atoms with van der Waals surface area (Å²) < 4.78 is 0.175. The SMILES string of the molecule is C[C@H](O)[C@@H]1CCCN(C(=O)Nc2ccc(SC(C)(C)C)cc2)C1. The Morgan fingerprint density at radius 2 is 2.00 bits per heavy atom. The minimum Gasteiger partial charge on any atom is -0.393 e. The number of likely N-dealkylation sites (tertiary alicyclic amines) is 1. The number of carbonyl (C=O) groups excluding carboxylic acids is 1. The van der Waals surface area contributed by atoms with Gasteiger partial charge in [0, 0.05) is 34.3 Å². The van der Waals surface area contributed by atoms with Gasteiger partial charge in [0.25, 0.3) is 0 Å². The van der Waals surface area contributed by atoms with Gasteiger partial charge in [-0.05, 0) is 44.0 Å². The van der Waals surface area contributed by atoms with E-state index in [-0.39, 0.29) is 22.8 Å². The van der Waals surface area contributed by atoms with E-state index in [0.717, 1.165) is 25.1 Å². The van der Waals surface area contributed by atoms with E-state index in [1.165, 1.54) is 4.90 Å². The van der Waals surface area contributed by atoms with Crippen LogP contribution in [-0.2, 0) is 0 Å². The zero-order chi connectivity index (χ0) is 17.0. The fourth-order valence-corrected chi connectivity index (χ4v) is 3.73. The van der Waals surface area contributed by atoms with Gasteiger partial charge in [0.2, 0.25) is 0 Å². The summed E-state index contributed by atoms with van der Waals surface area (Å²) in [5.41, 5.74) is 0.812. The highest BCUT2D eigenvalue weighted by molar-refractivity contribution is 8.00. The van der Waals surface area contributed by atoms with Gasteiger partial charge in [-0.15, -0.1) is 11.8 Å². The van der Waals surface area contributed by atoms with Crippen molar-refractivity contribution in [2.24, 2.45) is 5.92 Å². The number of thioether (sulfide) groups is 1. The summed E-state index contributed by atoms with van der Waals surface area (Å²) >= 11 is 1.81. The lowest BCUT2D eigenvalue weighted by molar-refractivity contribution is 0.0766. The van der Waals surface area contributed by atoms with Gasteiger partial charge in [0.05, 0.1) is 6.10 Å². The molecule has 0 saturated carbocycles. The fourth-order valence-electron chi connectivity index (χ4n) is 2.75. The highest BCUT2D eigenvalue weighted by atomic mass is 32.2. The van der Waals surface area contributed by atoms with Crippen LogP contribution in [0, 0.1) is 5.92 Å². The van der Waals surface area contributed by atoms with Crippen LogP contribution < -0.4 is 5.32 Å². The maximum atomic E-state index is 12.4. The second-order valence-electron chi connectivity index (χ2n) is 7.26. The van der Waals surface area contributed by atoms with Crippen molar-refractivity contribution < 1.29 is 9.90 Å². The lowest BCUT2D eigenvalue weighted by Gasteiger charge is -2.34. The third-order valence-corrected chi connectivity index (χ3v) is 5.08. The standard InChI is InChI=1S/C18H28N2O2S/c1-13(21)14-6-5-11-20(12-14)17(22)19-15-7-9-16(10-8-15)23-18(2,3)4/h7-10,13-14,21H,5-6,11-12H2,1-4H3,(H,19,22)/t13-,14+/m0/s1. The van der Waals surface area contributed by atoms with Gasteiger partial charge in [0.1, 0.15) is 0 Å². The number of anilines is 1. The summed E-state index contributed by atoms with van der Waals surface area (Å²) in [7, 11) is 0. The monoisotopic (exact) mass is 336 g/mol. The summed E-state index contributed by atoms with van der Waals surface area (Å²) in [5.74, 6) is 0.181. The van der Waals surface area contributed by atoms with Crippen LogP contribution in [0.2, 0.25) is 0 Å². The average molecular weight is 337 g/mol. The number of aliphatic hydroxyl groups is 1. The summed E-state index contributed by atoms with van der Waals surface area (Å²) in [6.07, 6.45) is 1.57. The lowest BCUT2D eigenvalue weighted by atomic mass is 9.94. The Bertz CT molecular complexity index is 523. The van der Waals surface area contributed by atoms with Gasteiger partial charge >= 0.3 is 6.03 Å². The maximum Gasteiger partial charge on any atom is 0.321 e. The van der Waals surface area contributed by atoms with Crippen molar-refractivity contribution in [2.45, 2.75) is 56.3 Å². The fraction of sp³-hybridized carbons (Fsp3) is 0.611. The van der Waals surface area contributed by atoms with Crippen LogP contribution in [0.3, 0.4) is 0 Å². The minimum atomic E-state index is -0.362. The van der Waals surface area contributed by atoms with Gasteiger partial charge in [-0.2, -0.15) is 0 Å². The quantitative estimate of drug-likeness (QED) is 0.813. The number of nitrogens with zero attached hydrogens (tertiary/aromatic N) is 1. The third kappa shape index (κ3) is 5.74. The summed E-state index contributed by atoms with van der Waals surface area (Å²) in [6, 6.07) is 7.90. The summed E-state index contributed by atoms with van der Waals surface area (Å²) in [5, 5.41) is 12.7. The molecule has 0 aliphatic carbocycles. The molecule has 1 heterocycles. The van der Waals surface area contributed by atoms with Gasteiger partial charge in [-0.25, -0.2) is 4.79 Å². The first-order valence-electron chi connectivity index (χ1n) is 8.28. The number of amides is 2. The molecule has 128 valence electrons. The molecule has 0 unspecified atom stereocenters. The molecule has 0 bridgehead atoms. The number of urea groups is 1. The van der Waals surface area contributed by atoms with Crippen molar-refractivity contribution in [3.05, 3.63) is 24.3 Å². The van der Waals surface area contributed by atoms with Gasteiger partial charge in [-0.3, -0.25) is 0 Å². The highest BCUT2D eigenvalue weighted by Gasteiger charge is 2.26. The van der Waals surface area contributed by atoms with E-state index in [4.69, 9.17) is 0 Å². The largest absolute Gasteiger partial charge is 0.393 e. The molecule has 0 aromatic heterocycles. The number of hydrogen-bond acceptors (Lipinski definition) is 3. The van der Waals surface area contributed by atoms with Crippen LogP contribution in [0.1, 0.15) is 40.5 Å². The topological polar surface area (TPSA) is 52.6 Å². The van der Waals surface area contributed by atoms with Crippen molar-refractivity contribution >= 4 is 23.5 Å². The molecule has 1 fully saturated rings. The molecule has 23 heavy (non-hydrogen) atoms. The number of nitrogens with one attached hydrogen (secondary N) is 1. The van der Waals surface area contributed by atoms with E-state index in [0.29, 0.717) is 6.54 Å². The van der Waals surface area contributed by atoms with Gasteiger partial charge in [0.15, 0.2) is 0 Å². The van der Waals surface area contributed by atoms with Crippen molar-refractivity contribution in [1.29, 1.82) is 0 Å². The van der Waals surface area contributed by atoms with Crippen LogP contribution in [0.4, 0.5) is 10.5 Å². The first kappa shape index (κ1) is 18.1. The van der Waals surface area contributed by atoms with Crippen molar-refractivity contribution in [1.82, 2.24) is 4.90 Å². The Balaban J connectivity index is 1.92. The molecule has 2 N–H and O–H groups in total. The minimum absolute atomic E-state index is 0.0772. The molecule has 1 aliphatic rings. The Hall–Kier alpha value is -1.20. The second kappa shape index (κ2) is 7.58. The molecular formula is C18H28N2O2S. The van der Waals surface area contributed by atoms with Crippen LogP contribution in [0.5, 0.6) is 0 Å². The van der Waals surface area contributed by atoms with E-state index in [9.17, 15) is 9.90 Å². The lowest BCUT2D eigenvalue weighted by Crippen LogP contribution is -2.44. The Morgan fingerprint density at radius 3 is 2.57 bits per heavy atom. The van der Waals surface area contributed by atoms with Gasteiger partial charge in [-0.1, -0.05) is 20.8 Å². The van der Waals surface area contributed by atoms with Crippen molar-refractivity contribution in [3.63, 3.8) is 0 Å². The summed E-state index contributed by atoms with van der Waals surface area (Å²) in [6.45, 7) is 9.74. The van der Waals surface area contributed by atoms with Crippen LogP contribution in [-0.4, -0.2) is 40.0 Å². The molecule has 1 saturated heterocycles. The van der Waals surface area contributed by atoms with E-state index in [1.807, 2.05) is 36.0 Å². The first-order valence-corrected chi connectivity index (χ1v) is 9.09. The number of piperidine rings is 1. The Kier molecular flexibility index (Phi) is 5.98. The van der Waals surface area contributed by atoms with E-state index >= 15 is 0 Å². The maximum absolute atomic E-state index is 12.4. The normalized spacial score (nSPS) is 20.2. The molecular weight excluding hydrogens is 308 g/mol. The first-order chi connectivity index (χ1) is 10.7. The predicted molar refractivity (Wildman–Crippen MR) is 97.0 cm³/mol. The smallest absolute Gasteiger partial charge is 0.321 e. The van der Waals surface area contributed by atoms with Gasteiger partial charge < -0.3 is 15.3 Å². The molecule has 0 spiro atoms. The number of benzene rings is 1. The molecule has 4 nitrogen and oxygen atoms in total. The van der Waals surface area contributed by atoms with Crippen LogP contribution in [0.15, 0.2) is 29.2 Å². The third-order valence-electron chi connectivity index (χ3n) is 3.96. The molecule has 2 rings (SSSR count). The molecule has 1 aromatic carbocycles. The Labute approximate surface area is 143 Å². The van der Waals surface area contributed by atoms with Crippen molar-refractivity contribution in [2.75, 3.05) is 18.4 Å². The number of aliphatic hydroxyl groups excluding tert-OH is 1. The Morgan fingerprint density at radius 1 is 1.35 bits per heavy atom.